The molecule has 12 heavy (non-hydrogen) atoms. The maximum absolute atomic E-state index is 9.29. The molecule has 0 aromatic carbocycles. The third-order valence-corrected chi connectivity index (χ3v) is 1.50. The molecular formula is HClNa2O7S2. The SMILES string of the molecule is Cl.O=S(=O)([O-])OS(=O)(=O)[O-].[Na+].[Na+]. The summed E-state index contributed by atoms with van der Waals surface area (Å²) in [5.41, 5.74) is 0. The summed E-state index contributed by atoms with van der Waals surface area (Å²) in [4.78, 5) is 0. The molecule has 0 unspecified atom stereocenters. The predicted molar refractivity (Wildman–Crippen MR) is 27.7 cm³/mol. The fourth-order valence-electron chi connectivity index (χ4n) is 0.102. The number of hydrogen-bond acceptors (Lipinski definition) is 7. The largest absolute Gasteiger partial charge is 1.00 e. The Kier molecular flexibility index (Phi) is 16.6. The second-order valence-corrected chi connectivity index (χ2v) is 3.06. The Labute approximate surface area is 120 Å². The number of halogens is 1. The van der Waals surface area contributed by atoms with E-state index in [1.807, 2.05) is 0 Å². The Balaban J connectivity index is -0.000000107. The Hall–Kier alpha value is 2.07. The molecule has 7 nitrogen and oxygen atoms in total. The molecule has 0 saturated carbocycles. The second kappa shape index (κ2) is 8.38. The van der Waals surface area contributed by atoms with Crippen LogP contribution in [0.3, 0.4) is 0 Å². The first-order valence-corrected chi connectivity index (χ1v) is 4.00. The molecule has 12 heteroatoms. The van der Waals surface area contributed by atoms with E-state index in [2.05, 4.69) is 3.63 Å². The van der Waals surface area contributed by atoms with Crippen LogP contribution in [0.4, 0.5) is 0 Å². The van der Waals surface area contributed by atoms with Crippen LogP contribution in [-0.4, -0.2) is 25.9 Å². The van der Waals surface area contributed by atoms with E-state index in [-0.39, 0.29) is 71.5 Å². The van der Waals surface area contributed by atoms with Crippen LogP contribution >= 0.6 is 12.4 Å². The first-order chi connectivity index (χ1) is 3.71. The molecule has 0 aromatic rings. The monoisotopic (exact) mass is 258 g/mol. The van der Waals surface area contributed by atoms with Crippen LogP contribution < -0.4 is 59.1 Å². The molecule has 0 spiro atoms. The molecular weight excluding hydrogens is 258 g/mol. The summed E-state index contributed by atoms with van der Waals surface area (Å²) >= 11 is 0. The van der Waals surface area contributed by atoms with Crippen molar-refractivity contribution in [1.82, 2.24) is 0 Å². The zero-order valence-electron chi connectivity index (χ0n) is 6.08. The fraction of sp³-hybridized carbons (Fsp3) is 0. The Morgan fingerprint density at radius 1 is 0.833 bits per heavy atom. The van der Waals surface area contributed by atoms with Gasteiger partial charge in [-0.05, 0) is 0 Å². The van der Waals surface area contributed by atoms with Crippen LogP contribution in [0.25, 0.3) is 0 Å². The van der Waals surface area contributed by atoms with E-state index < -0.39 is 20.8 Å². The van der Waals surface area contributed by atoms with Gasteiger partial charge in [-0.3, -0.25) is 0 Å². The standard InChI is InChI=1S/ClH.2Na.H2O7S2/c;;;1-8(2,3)7-9(4,5)6/h1H;;;(H,1,2,3)(H,4,5,6)/q;2*+1;/p-2. The molecule has 0 aliphatic carbocycles. The normalized spacial score (nSPS) is 10.2. The van der Waals surface area contributed by atoms with Gasteiger partial charge in [0.25, 0.3) is 0 Å². The Morgan fingerprint density at radius 3 is 1.00 bits per heavy atom. The van der Waals surface area contributed by atoms with Crippen LogP contribution in [-0.2, 0) is 24.4 Å². The van der Waals surface area contributed by atoms with E-state index in [4.69, 9.17) is 0 Å². The van der Waals surface area contributed by atoms with Gasteiger partial charge in [-0.1, -0.05) is 0 Å². The number of hydrogen-bond donors (Lipinski definition) is 0. The molecule has 0 radical (unpaired) electrons. The van der Waals surface area contributed by atoms with Gasteiger partial charge in [-0.2, -0.15) is 3.63 Å². The fourth-order valence-corrected chi connectivity index (χ4v) is 0.919. The summed E-state index contributed by atoms with van der Waals surface area (Å²) in [7, 11) is -10.9. The average molecular weight is 259 g/mol. The van der Waals surface area contributed by atoms with Gasteiger partial charge in [0.2, 0.25) is 20.8 Å². The predicted octanol–water partition coefficient (Wildman–Crippen LogP) is -7.65. The van der Waals surface area contributed by atoms with Crippen LogP contribution in [0.2, 0.25) is 0 Å². The summed E-state index contributed by atoms with van der Waals surface area (Å²) < 4.78 is 58.2. The first kappa shape index (κ1) is 23.7. The van der Waals surface area contributed by atoms with Crippen molar-refractivity contribution in [2.45, 2.75) is 0 Å². The first-order valence-electron chi connectivity index (χ1n) is 1.33. The number of rotatable bonds is 2. The molecule has 0 aliphatic rings. The van der Waals surface area contributed by atoms with Crippen molar-refractivity contribution in [3.05, 3.63) is 0 Å². The van der Waals surface area contributed by atoms with Crippen molar-refractivity contribution in [2.75, 3.05) is 0 Å². The van der Waals surface area contributed by atoms with Crippen LogP contribution in [0.1, 0.15) is 0 Å². The molecule has 0 aliphatic heterocycles. The van der Waals surface area contributed by atoms with Gasteiger partial charge in [0.05, 0.1) is 0 Å². The van der Waals surface area contributed by atoms with Gasteiger partial charge in [0.15, 0.2) is 0 Å². The minimum absolute atomic E-state index is 0. The zero-order chi connectivity index (χ0) is 7.71. The summed E-state index contributed by atoms with van der Waals surface area (Å²) in [5, 5.41) is 0. The van der Waals surface area contributed by atoms with Crippen molar-refractivity contribution in [3.8, 4) is 0 Å². The van der Waals surface area contributed by atoms with Gasteiger partial charge < -0.3 is 9.11 Å². The molecule has 0 amide bonds. The molecule has 0 saturated heterocycles. The zero-order valence-corrected chi connectivity index (χ0v) is 12.5. The quantitative estimate of drug-likeness (QED) is 0.274. The molecule has 0 bridgehead atoms. The molecule has 0 heterocycles. The van der Waals surface area contributed by atoms with E-state index in [0.717, 1.165) is 0 Å². The maximum atomic E-state index is 9.29. The van der Waals surface area contributed by atoms with Gasteiger partial charge in [-0.25, -0.2) is 16.8 Å². The summed E-state index contributed by atoms with van der Waals surface area (Å²) in [6.45, 7) is 0. The van der Waals surface area contributed by atoms with Crippen LogP contribution in [0.5, 0.6) is 0 Å². The van der Waals surface area contributed by atoms with E-state index >= 15 is 0 Å². The third-order valence-electron chi connectivity index (χ3n) is 0.167. The van der Waals surface area contributed by atoms with E-state index in [9.17, 15) is 25.9 Å². The molecule has 0 N–H and O–H groups in total. The smallest absolute Gasteiger partial charge is 0.725 e. The maximum Gasteiger partial charge on any atom is 1.00 e. The molecule has 0 fully saturated rings. The topological polar surface area (TPSA) is 124 Å². The van der Waals surface area contributed by atoms with Crippen molar-refractivity contribution in [1.29, 1.82) is 0 Å². The van der Waals surface area contributed by atoms with Crippen LogP contribution in [0.15, 0.2) is 0 Å². The van der Waals surface area contributed by atoms with E-state index in [1.54, 1.807) is 0 Å². The summed E-state index contributed by atoms with van der Waals surface area (Å²) in [6, 6.07) is 0. The minimum atomic E-state index is -5.43. The van der Waals surface area contributed by atoms with Gasteiger partial charge >= 0.3 is 59.1 Å². The van der Waals surface area contributed by atoms with Gasteiger partial charge in [0.1, 0.15) is 0 Å². The minimum Gasteiger partial charge on any atom is -0.725 e. The second-order valence-electron chi connectivity index (χ2n) is 0.885. The molecule has 0 atom stereocenters. The van der Waals surface area contributed by atoms with Gasteiger partial charge in [-0.15, -0.1) is 12.4 Å². The molecule has 64 valence electrons. The Morgan fingerprint density at radius 2 is 1.00 bits per heavy atom. The van der Waals surface area contributed by atoms with Crippen molar-refractivity contribution in [2.24, 2.45) is 0 Å². The van der Waals surface area contributed by atoms with E-state index in [1.165, 1.54) is 0 Å². The summed E-state index contributed by atoms with van der Waals surface area (Å²) in [6.07, 6.45) is 0. The van der Waals surface area contributed by atoms with Gasteiger partial charge in [0, 0.05) is 0 Å². The molecule has 0 aromatic heterocycles. The average Bonchev–Trinajstić information content (AvgIpc) is 1.14. The van der Waals surface area contributed by atoms with Crippen molar-refractivity contribution >= 4 is 33.2 Å². The third kappa shape index (κ3) is 22.7. The van der Waals surface area contributed by atoms with Crippen molar-refractivity contribution in [3.63, 3.8) is 0 Å². The Bertz CT molecular complexity index is 245. The molecule has 0 rings (SSSR count). The van der Waals surface area contributed by atoms with E-state index in [0.29, 0.717) is 0 Å². The van der Waals surface area contributed by atoms with Crippen molar-refractivity contribution < 1.29 is 88.7 Å². The van der Waals surface area contributed by atoms with Crippen LogP contribution in [0, 0.1) is 0 Å². The summed E-state index contributed by atoms with van der Waals surface area (Å²) in [5.74, 6) is 0.